The Morgan fingerprint density at radius 1 is 0.727 bits per heavy atom. The molecule has 0 atom stereocenters. The van der Waals surface area contributed by atoms with Gasteiger partial charge in [0.05, 0.1) is 32.5 Å². The number of rotatable bonds is 12. The van der Waals surface area contributed by atoms with E-state index in [4.69, 9.17) is 24.2 Å². The third-order valence-electron chi connectivity index (χ3n) is 4.45. The number of carbonyl (C=O) groups is 4. The molecule has 0 fully saturated rings. The van der Waals surface area contributed by atoms with E-state index < -0.39 is 41.1 Å². The third-order valence-corrected chi connectivity index (χ3v) is 4.45. The predicted octanol–water partition coefficient (Wildman–Crippen LogP) is 2.32. The van der Waals surface area contributed by atoms with Gasteiger partial charge in [-0.2, -0.15) is 5.26 Å². The number of hydrogen-bond donors (Lipinski definition) is 0. The molecule has 0 saturated heterocycles. The van der Waals surface area contributed by atoms with Crippen molar-refractivity contribution in [2.24, 2.45) is 10.8 Å². The second-order valence-electron chi connectivity index (χ2n) is 6.61. The Labute approximate surface area is 195 Å². The fourth-order valence-corrected chi connectivity index (χ4v) is 2.76. The number of ether oxygens (including phenoxy) is 4. The smallest absolute Gasteiger partial charge is 0.335 e. The van der Waals surface area contributed by atoms with Crippen LogP contribution in [0.25, 0.3) is 0 Å². The molecular formula is C24H31NO8. The van der Waals surface area contributed by atoms with Crippen molar-refractivity contribution in [3.05, 3.63) is 0 Å². The molecule has 9 nitrogen and oxygen atoms in total. The maximum absolute atomic E-state index is 12.8. The number of nitriles is 1. The summed E-state index contributed by atoms with van der Waals surface area (Å²) in [4.78, 5) is 51.1. The van der Waals surface area contributed by atoms with Gasteiger partial charge in [0.1, 0.15) is 0 Å². The van der Waals surface area contributed by atoms with Crippen LogP contribution >= 0.6 is 0 Å². The highest BCUT2D eigenvalue weighted by Crippen LogP contribution is 2.32. The van der Waals surface area contributed by atoms with Crippen molar-refractivity contribution in [2.75, 3.05) is 26.4 Å². The molecular weight excluding hydrogens is 430 g/mol. The average Bonchev–Trinajstić information content (AvgIpc) is 2.78. The van der Waals surface area contributed by atoms with Gasteiger partial charge in [-0.1, -0.05) is 11.8 Å². The van der Waals surface area contributed by atoms with Crippen LogP contribution in [-0.2, 0) is 38.1 Å². The first-order chi connectivity index (χ1) is 15.8. The molecule has 0 aromatic heterocycles. The van der Waals surface area contributed by atoms with Gasteiger partial charge in [0, 0.05) is 19.3 Å². The number of hydrogen-bond acceptors (Lipinski definition) is 9. The average molecular weight is 462 g/mol. The van der Waals surface area contributed by atoms with E-state index in [-0.39, 0.29) is 45.7 Å². The predicted molar refractivity (Wildman–Crippen MR) is 117 cm³/mol. The molecule has 0 aromatic rings. The van der Waals surface area contributed by atoms with E-state index in [0.717, 1.165) is 0 Å². The van der Waals surface area contributed by atoms with Crippen molar-refractivity contribution >= 4 is 23.9 Å². The Bertz CT molecular complexity index is 827. The first kappa shape index (κ1) is 29.5. The highest BCUT2D eigenvalue weighted by molar-refractivity contribution is 6.04. The van der Waals surface area contributed by atoms with E-state index in [1.54, 1.807) is 34.6 Å². The number of carbonyl (C=O) groups excluding carboxylic acids is 4. The molecule has 0 bridgehead atoms. The van der Waals surface area contributed by atoms with Crippen LogP contribution in [0.5, 0.6) is 0 Å². The van der Waals surface area contributed by atoms with E-state index in [0.29, 0.717) is 0 Å². The van der Waals surface area contributed by atoms with Gasteiger partial charge < -0.3 is 18.9 Å². The van der Waals surface area contributed by atoms with Crippen LogP contribution in [-0.4, -0.2) is 50.3 Å². The van der Waals surface area contributed by atoms with Crippen LogP contribution in [0.2, 0.25) is 0 Å². The van der Waals surface area contributed by atoms with Crippen LogP contribution < -0.4 is 0 Å². The van der Waals surface area contributed by atoms with Gasteiger partial charge in [-0.15, -0.1) is 11.8 Å². The quantitative estimate of drug-likeness (QED) is 0.186. The minimum atomic E-state index is -2.09. The summed E-state index contributed by atoms with van der Waals surface area (Å²) in [5, 5.41) is 9.03. The Kier molecular flexibility index (Phi) is 13.7. The van der Waals surface area contributed by atoms with Gasteiger partial charge >= 0.3 is 23.9 Å². The summed E-state index contributed by atoms with van der Waals surface area (Å²) in [5.74, 6) is 6.77. The fraction of sp³-hybridized carbons (Fsp3) is 0.625. The molecule has 0 N–H and O–H groups in total. The molecule has 0 heterocycles. The van der Waals surface area contributed by atoms with E-state index in [1.165, 1.54) is 0 Å². The van der Waals surface area contributed by atoms with Gasteiger partial charge in [-0.05, 0) is 41.0 Å². The van der Waals surface area contributed by atoms with Gasteiger partial charge in [0.15, 0.2) is 5.41 Å². The molecule has 0 aliphatic rings. The second kappa shape index (κ2) is 15.3. The molecule has 0 aliphatic heterocycles. The lowest BCUT2D eigenvalue weighted by Crippen LogP contribution is -2.43. The zero-order valence-corrected chi connectivity index (χ0v) is 19.9. The van der Waals surface area contributed by atoms with Crippen molar-refractivity contribution in [3.63, 3.8) is 0 Å². The Balaban J connectivity index is 6.64. The first-order valence-corrected chi connectivity index (χ1v) is 10.7. The monoisotopic (exact) mass is 461 g/mol. The minimum Gasteiger partial charge on any atom is -0.465 e. The highest BCUT2D eigenvalue weighted by Gasteiger charge is 2.50. The van der Waals surface area contributed by atoms with Crippen molar-refractivity contribution in [1.29, 1.82) is 5.26 Å². The van der Waals surface area contributed by atoms with E-state index >= 15 is 0 Å². The number of nitrogens with zero attached hydrogens (tertiary/aromatic N) is 1. The molecule has 0 rings (SSSR count). The second-order valence-corrected chi connectivity index (χ2v) is 6.61. The van der Waals surface area contributed by atoms with Crippen LogP contribution in [0.15, 0.2) is 0 Å². The first-order valence-electron chi connectivity index (χ1n) is 10.7. The molecule has 0 saturated carbocycles. The maximum Gasteiger partial charge on any atom is 0.335 e. The Morgan fingerprint density at radius 2 is 1.15 bits per heavy atom. The summed E-state index contributed by atoms with van der Waals surface area (Å²) in [6, 6.07) is 1.87. The molecule has 0 amide bonds. The van der Waals surface area contributed by atoms with E-state index in [9.17, 15) is 19.2 Å². The summed E-state index contributed by atoms with van der Waals surface area (Å²) in [6.45, 7) is 7.77. The van der Waals surface area contributed by atoms with Crippen LogP contribution in [0.1, 0.15) is 60.3 Å². The molecule has 0 radical (unpaired) electrons. The van der Waals surface area contributed by atoms with Gasteiger partial charge in [-0.3, -0.25) is 9.59 Å². The van der Waals surface area contributed by atoms with Crippen molar-refractivity contribution < 1.29 is 38.1 Å². The molecule has 9 heteroatoms. The Morgan fingerprint density at radius 3 is 1.55 bits per heavy atom. The van der Waals surface area contributed by atoms with Crippen LogP contribution in [0.4, 0.5) is 0 Å². The molecule has 0 aliphatic carbocycles. The van der Waals surface area contributed by atoms with E-state index in [1.807, 2.05) is 6.07 Å². The largest absolute Gasteiger partial charge is 0.465 e. The zero-order valence-electron chi connectivity index (χ0n) is 19.9. The molecule has 180 valence electrons. The standard InChI is InChI=1S/C24H31NO8/c1-6-11-14-23(19(26)30-7-2,20(27)31-8-3)15-12-16-24(17-13-18-25,21(28)32-9-4)22(29)33-10-5/h7-10,13-15,17H2,1-5H3. The normalized spacial score (nSPS) is 10.3. The molecule has 0 unspecified atom stereocenters. The maximum atomic E-state index is 12.8. The summed E-state index contributed by atoms with van der Waals surface area (Å²) in [6.07, 6.45) is -1.14. The van der Waals surface area contributed by atoms with E-state index in [2.05, 4.69) is 23.7 Å². The SMILES string of the molecule is CC#CCC(CC#CC(CCC#N)(C(=O)OCC)C(=O)OCC)(C(=O)OCC)C(=O)OCC. The van der Waals surface area contributed by atoms with Gasteiger partial charge in [0.25, 0.3) is 0 Å². The minimum absolute atomic E-state index is 0.00469. The van der Waals surface area contributed by atoms with Gasteiger partial charge in [-0.25, -0.2) is 9.59 Å². The lowest BCUT2D eigenvalue weighted by molar-refractivity contribution is -0.171. The van der Waals surface area contributed by atoms with Gasteiger partial charge in [0.2, 0.25) is 5.41 Å². The summed E-state index contributed by atoms with van der Waals surface area (Å²) in [5.41, 5.74) is -3.97. The summed E-state index contributed by atoms with van der Waals surface area (Å²) >= 11 is 0. The fourth-order valence-electron chi connectivity index (χ4n) is 2.76. The number of esters is 4. The molecule has 0 aromatic carbocycles. The topological polar surface area (TPSA) is 129 Å². The molecule has 33 heavy (non-hydrogen) atoms. The lowest BCUT2D eigenvalue weighted by atomic mass is 9.79. The Hall–Kier alpha value is -3.51. The molecule has 0 spiro atoms. The zero-order chi connectivity index (χ0) is 25.3. The highest BCUT2D eigenvalue weighted by atomic mass is 16.6. The summed E-state index contributed by atoms with van der Waals surface area (Å²) in [7, 11) is 0. The lowest BCUT2D eigenvalue weighted by Gasteiger charge is -2.26. The summed E-state index contributed by atoms with van der Waals surface area (Å²) < 4.78 is 20.2. The van der Waals surface area contributed by atoms with Crippen molar-refractivity contribution in [3.8, 4) is 29.8 Å². The van der Waals surface area contributed by atoms with Crippen LogP contribution in [0.3, 0.4) is 0 Å². The van der Waals surface area contributed by atoms with Crippen molar-refractivity contribution in [2.45, 2.75) is 60.3 Å². The van der Waals surface area contributed by atoms with Crippen LogP contribution in [0, 0.1) is 45.8 Å². The third kappa shape index (κ3) is 7.84. The van der Waals surface area contributed by atoms with Crippen molar-refractivity contribution in [1.82, 2.24) is 0 Å².